The highest BCUT2D eigenvalue weighted by atomic mass is 32.2. The van der Waals surface area contributed by atoms with Gasteiger partial charge in [-0.1, -0.05) is 35.5 Å². The fraction of sp³-hybridized carbons (Fsp3) is 0.0667. The van der Waals surface area contributed by atoms with E-state index in [0.717, 1.165) is 29.8 Å². The number of nitrogens with zero attached hydrogens (tertiary/aromatic N) is 3. The fourth-order valence-corrected chi connectivity index (χ4v) is 2.99. The van der Waals surface area contributed by atoms with Crippen LogP contribution < -0.4 is 4.72 Å². The molecule has 128 valence electrons. The van der Waals surface area contributed by atoms with Gasteiger partial charge in [0.15, 0.2) is 0 Å². The molecule has 1 N–H and O–H groups in total. The van der Waals surface area contributed by atoms with E-state index in [1.165, 1.54) is 0 Å². The third-order valence-electron chi connectivity index (χ3n) is 3.27. The van der Waals surface area contributed by atoms with E-state index < -0.39 is 14.9 Å². The van der Waals surface area contributed by atoms with Crippen molar-refractivity contribution in [1.29, 1.82) is 0 Å². The number of hydrogen-bond acceptors (Lipinski definition) is 7. The molecule has 2 aromatic carbocycles. The quantitative estimate of drug-likeness (QED) is 0.526. The summed E-state index contributed by atoms with van der Waals surface area (Å²) < 4.78 is 31.7. The van der Waals surface area contributed by atoms with Crippen molar-refractivity contribution in [2.45, 2.75) is 11.4 Å². The van der Waals surface area contributed by atoms with Crippen LogP contribution in [0.15, 0.2) is 64.0 Å². The Kier molecular flexibility index (Phi) is 4.55. The van der Waals surface area contributed by atoms with Crippen LogP contribution in [0.5, 0.6) is 0 Å². The molecule has 0 aliphatic rings. The molecule has 0 radical (unpaired) electrons. The average molecular weight is 360 g/mol. The molecule has 0 bridgehead atoms. The molecule has 0 amide bonds. The Bertz CT molecular complexity index is 984. The van der Waals surface area contributed by atoms with Crippen LogP contribution in [-0.4, -0.2) is 23.5 Å². The Hall–Kier alpha value is -3.11. The lowest BCUT2D eigenvalue weighted by atomic mass is 10.2. The normalized spacial score (nSPS) is 11.4. The lowest BCUT2D eigenvalue weighted by molar-refractivity contribution is -0.384. The molecular weight excluding hydrogens is 348 g/mol. The molecule has 0 aliphatic heterocycles. The predicted molar refractivity (Wildman–Crippen MR) is 86.9 cm³/mol. The maximum Gasteiger partial charge on any atom is 0.269 e. The van der Waals surface area contributed by atoms with Crippen molar-refractivity contribution < 1.29 is 17.9 Å². The average Bonchev–Trinajstić information content (AvgIpc) is 3.10. The van der Waals surface area contributed by atoms with Crippen LogP contribution in [-0.2, 0) is 16.6 Å². The van der Waals surface area contributed by atoms with Crippen molar-refractivity contribution in [3.05, 3.63) is 70.6 Å². The first-order chi connectivity index (χ1) is 12.0. The molecule has 0 saturated carbocycles. The van der Waals surface area contributed by atoms with E-state index >= 15 is 0 Å². The molecule has 0 atom stereocenters. The van der Waals surface area contributed by atoms with E-state index in [0.29, 0.717) is 5.82 Å². The van der Waals surface area contributed by atoms with E-state index in [1.54, 1.807) is 12.1 Å². The van der Waals surface area contributed by atoms with E-state index in [9.17, 15) is 18.5 Å². The van der Waals surface area contributed by atoms with Gasteiger partial charge in [-0.15, -0.1) is 0 Å². The van der Waals surface area contributed by atoms with Crippen molar-refractivity contribution in [3.63, 3.8) is 0 Å². The minimum absolute atomic E-state index is 0.0964. The van der Waals surface area contributed by atoms with Gasteiger partial charge < -0.3 is 4.52 Å². The molecule has 3 rings (SSSR count). The molecule has 1 aromatic heterocycles. The van der Waals surface area contributed by atoms with Gasteiger partial charge in [-0.3, -0.25) is 10.1 Å². The second-order valence-electron chi connectivity index (χ2n) is 4.95. The highest BCUT2D eigenvalue weighted by Crippen LogP contribution is 2.17. The molecule has 0 fully saturated rings. The zero-order valence-corrected chi connectivity index (χ0v) is 13.5. The van der Waals surface area contributed by atoms with Crippen LogP contribution in [0.2, 0.25) is 0 Å². The summed E-state index contributed by atoms with van der Waals surface area (Å²) in [6.45, 7) is -0.195. The number of benzene rings is 2. The zero-order valence-electron chi connectivity index (χ0n) is 12.7. The third-order valence-corrected chi connectivity index (χ3v) is 4.69. The van der Waals surface area contributed by atoms with E-state index in [-0.39, 0.29) is 23.0 Å². The summed E-state index contributed by atoms with van der Waals surface area (Å²) in [6, 6.07) is 13.6. The van der Waals surface area contributed by atoms with E-state index in [4.69, 9.17) is 4.52 Å². The minimum atomic E-state index is -3.86. The SMILES string of the molecule is O=[N+]([O-])c1ccc(S(=O)(=O)NCc2nc(-c3ccccc3)no2)cc1. The summed E-state index contributed by atoms with van der Waals surface area (Å²) in [5.74, 6) is 0.453. The van der Waals surface area contributed by atoms with Gasteiger partial charge in [-0.25, -0.2) is 13.1 Å². The van der Waals surface area contributed by atoms with Crippen molar-refractivity contribution in [3.8, 4) is 11.4 Å². The summed E-state index contributed by atoms with van der Waals surface area (Å²) in [7, 11) is -3.86. The Labute approximate surface area is 142 Å². The summed E-state index contributed by atoms with van der Waals surface area (Å²) in [6.07, 6.45) is 0. The number of nitro groups is 1. The van der Waals surface area contributed by atoms with Gasteiger partial charge in [0.05, 0.1) is 16.4 Å². The largest absolute Gasteiger partial charge is 0.338 e. The van der Waals surface area contributed by atoms with Gasteiger partial charge in [0.1, 0.15) is 0 Å². The molecule has 9 nitrogen and oxygen atoms in total. The Morgan fingerprint density at radius 1 is 1.08 bits per heavy atom. The van der Waals surface area contributed by atoms with Crippen molar-refractivity contribution in [2.75, 3.05) is 0 Å². The lowest BCUT2D eigenvalue weighted by Gasteiger charge is -2.04. The number of hydrogen-bond donors (Lipinski definition) is 1. The van der Waals surface area contributed by atoms with Crippen LogP contribution in [0.25, 0.3) is 11.4 Å². The van der Waals surface area contributed by atoms with Gasteiger partial charge >= 0.3 is 0 Å². The van der Waals surface area contributed by atoms with Crippen molar-refractivity contribution in [1.82, 2.24) is 14.9 Å². The van der Waals surface area contributed by atoms with E-state index in [1.807, 2.05) is 18.2 Å². The molecule has 1 heterocycles. The molecular formula is C15H12N4O5S. The molecule has 0 saturated heterocycles. The predicted octanol–water partition coefficient (Wildman–Crippen LogP) is 2.12. The third kappa shape index (κ3) is 3.87. The maximum atomic E-state index is 12.2. The van der Waals surface area contributed by atoms with Gasteiger partial charge in [-0.2, -0.15) is 4.98 Å². The number of sulfonamides is 1. The number of nitro benzene ring substituents is 1. The summed E-state index contributed by atoms with van der Waals surface area (Å²) >= 11 is 0. The van der Waals surface area contributed by atoms with Crippen LogP contribution in [0, 0.1) is 10.1 Å². The highest BCUT2D eigenvalue weighted by molar-refractivity contribution is 7.89. The number of nitrogens with one attached hydrogen (secondary N) is 1. The molecule has 3 aromatic rings. The molecule has 10 heteroatoms. The summed E-state index contributed by atoms with van der Waals surface area (Å²) in [5.41, 5.74) is 0.555. The van der Waals surface area contributed by atoms with Crippen LogP contribution in [0.4, 0.5) is 5.69 Å². The molecule has 0 unspecified atom stereocenters. The second-order valence-corrected chi connectivity index (χ2v) is 6.72. The highest BCUT2D eigenvalue weighted by Gasteiger charge is 2.17. The fourth-order valence-electron chi connectivity index (χ4n) is 2.02. The van der Waals surface area contributed by atoms with Crippen LogP contribution in [0.3, 0.4) is 0 Å². The van der Waals surface area contributed by atoms with E-state index in [2.05, 4.69) is 14.9 Å². The Morgan fingerprint density at radius 2 is 1.76 bits per heavy atom. The monoisotopic (exact) mass is 360 g/mol. The topological polar surface area (TPSA) is 128 Å². The zero-order chi connectivity index (χ0) is 17.9. The minimum Gasteiger partial charge on any atom is -0.338 e. The van der Waals surface area contributed by atoms with Crippen LogP contribution in [0.1, 0.15) is 5.89 Å². The Morgan fingerprint density at radius 3 is 2.40 bits per heavy atom. The molecule has 0 spiro atoms. The first-order valence-corrected chi connectivity index (χ1v) is 8.56. The Balaban J connectivity index is 1.70. The van der Waals surface area contributed by atoms with Crippen molar-refractivity contribution >= 4 is 15.7 Å². The number of rotatable bonds is 6. The number of aromatic nitrogens is 2. The standard InChI is InChI=1S/C15H12N4O5S/c20-19(21)12-6-8-13(9-7-12)25(22,23)16-10-14-17-15(18-24-14)11-4-2-1-3-5-11/h1-9,16H,10H2. The van der Waals surface area contributed by atoms with Gasteiger partial charge in [0.2, 0.25) is 21.7 Å². The molecule has 0 aliphatic carbocycles. The smallest absolute Gasteiger partial charge is 0.269 e. The lowest BCUT2D eigenvalue weighted by Crippen LogP contribution is -2.23. The summed E-state index contributed by atoms with van der Waals surface area (Å²) in [4.78, 5) is 14.0. The molecule has 25 heavy (non-hydrogen) atoms. The van der Waals surface area contributed by atoms with Crippen molar-refractivity contribution in [2.24, 2.45) is 0 Å². The van der Waals surface area contributed by atoms with Crippen LogP contribution >= 0.6 is 0 Å². The van der Waals surface area contributed by atoms with Gasteiger partial charge in [0.25, 0.3) is 5.69 Å². The summed E-state index contributed by atoms with van der Waals surface area (Å²) in [5, 5.41) is 14.4. The first kappa shape index (κ1) is 16.7. The van der Waals surface area contributed by atoms with Gasteiger partial charge in [-0.05, 0) is 12.1 Å². The maximum absolute atomic E-state index is 12.2. The number of non-ortho nitro benzene ring substituents is 1. The first-order valence-electron chi connectivity index (χ1n) is 7.08. The second kappa shape index (κ2) is 6.79. The van der Waals surface area contributed by atoms with Gasteiger partial charge in [0, 0.05) is 17.7 Å².